The fraction of sp³-hybridized carbons (Fsp3) is 0. The van der Waals surface area contributed by atoms with E-state index in [0.29, 0.717) is 11.6 Å². The van der Waals surface area contributed by atoms with E-state index in [0.717, 1.165) is 17.3 Å². The summed E-state index contributed by atoms with van der Waals surface area (Å²) in [6, 6.07) is 13.2. The van der Waals surface area contributed by atoms with Crippen LogP contribution >= 0.6 is 0 Å². The molecule has 0 fully saturated rings. The fourth-order valence-electron chi connectivity index (χ4n) is 2.07. The molecule has 6 nitrogen and oxygen atoms in total. The number of carboxylic acid groups (broad SMARTS) is 1. The van der Waals surface area contributed by atoms with Gasteiger partial charge in [0, 0.05) is 29.7 Å². The molecule has 0 bridgehead atoms. The Morgan fingerprint density at radius 2 is 1.77 bits per heavy atom. The molecule has 3 rings (SSSR count). The Morgan fingerprint density at radius 1 is 1.05 bits per heavy atom. The number of nitrogens with zero attached hydrogens (tertiary/aromatic N) is 4. The van der Waals surface area contributed by atoms with E-state index in [1.165, 1.54) is 6.08 Å². The monoisotopic (exact) mass is 292 g/mol. The number of carboxylic acids is 1. The molecule has 0 amide bonds. The fourth-order valence-corrected chi connectivity index (χ4v) is 2.07. The van der Waals surface area contributed by atoms with E-state index in [9.17, 15) is 4.79 Å². The molecule has 22 heavy (non-hydrogen) atoms. The van der Waals surface area contributed by atoms with Crippen molar-refractivity contribution in [2.45, 2.75) is 0 Å². The molecule has 0 atom stereocenters. The van der Waals surface area contributed by atoms with Crippen molar-refractivity contribution >= 4 is 12.0 Å². The quantitative estimate of drug-likeness (QED) is 0.747. The molecular weight excluding hydrogens is 280 g/mol. The van der Waals surface area contributed by atoms with Crippen LogP contribution in [-0.4, -0.2) is 30.8 Å². The van der Waals surface area contributed by atoms with Crippen LogP contribution in [-0.2, 0) is 4.79 Å². The average molecular weight is 292 g/mol. The Kier molecular flexibility index (Phi) is 3.74. The van der Waals surface area contributed by atoms with Crippen LogP contribution in [0.5, 0.6) is 0 Å². The number of hydrogen-bond acceptors (Lipinski definition) is 4. The molecule has 0 unspecified atom stereocenters. The third-order valence-electron chi connectivity index (χ3n) is 3.02. The van der Waals surface area contributed by atoms with Crippen LogP contribution in [0.1, 0.15) is 5.82 Å². The van der Waals surface area contributed by atoms with Crippen LogP contribution < -0.4 is 0 Å². The molecule has 6 heteroatoms. The van der Waals surface area contributed by atoms with Crippen LogP contribution in [0.15, 0.2) is 60.9 Å². The van der Waals surface area contributed by atoms with Gasteiger partial charge in [0.05, 0.1) is 0 Å². The average Bonchev–Trinajstić information content (AvgIpc) is 2.98. The van der Waals surface area contributed by atoms with Gasteiger partial charge >= 0.3 is 5.97 Å². The molecule has 3 aromatic rings. The number of carbonyl (C=O) groups is 1. The maximum absolute atomic E-state index is 10.7. The first-order valence-corrected chi connectivity index (χ1v) is 6.58. The lowest BCUT2D eigenvalue weighted by atomic mass is 10.2. The maximum atomic E-state index is 10.7. The Labute approximate surface area is 126 Å². The van der Waals surface area contributed by atoms with Gasteiger partial charge in [-0.1, -0.05) is 18.2 Å². The summed E-state index contributed by atoms with van der Waals surface area (Å²) in [7, 11) is 0. The largest absolute Gasteiger partial charge is 0.478 e. The van der Waals surface area contributed by atoms with Gasteiger partial charge in [0.2, 0.25) is 0 Å². The normalized spacial score (nSPS) is 10.9. The number of hydrogen-bond donors (Lipinski definition) is 1. The summed E-state index contributed by atoms with van der Waals surface area (Å²) in [6.07, 6.45) is 5.81. The first kappa shape index (κ1) is 13.7. The summed E-state index contributed by atoms with van der Waals surface area (Å²) >= 11 is 0. The predicted octanol–water partition coefficient (Wildman–Crippen LogP) is 2.43. The zero-order chi connectivity index (χ0) is 15.4. The summed E-state index contributed by atoms with van der Waals surface area (Å²) in [4.78, 5) is 14.7. The number of pyridine rings is 1. The van der Waals surface area contributed by atoms with Crippen LogP contribution in [0.25, 0.3) is 23.2 Å². The molecule has 1 aromatic carbocycles. The molecule has 2 heterocycles. The maximum Gasteiger partial charge on any atom is 0.328 e. The van der Waals surface area contributed by atoms with Gasteiger partial charge in [-0.3, -0.25) is 9.55 Å². The van der Waals surface area contributed by atoms with Gasteiger partial charge in [0.1, 0.15) is 0 Å². The summed E-state index contributed by atoms with van der Waals surface area (Å²) in [5.41, 5.74) is 1.70. The molecule has 0 aliphatic heterocycles. The Hall–Kier alpha value is -3.28. The van der Waals surface area contributed by atoms with Crippen molar-refractivity contribution in [2.75, 3.05) is 0 Å². The van der Waals surface area contributed by atoms with Crippen LogP contribution in [0.4, 0.5) is 0 Å². The summed E-state index contributed by atoms with van der Waals surface area (Å²) in [5, 5.41) is 17.1. The molecule has 108 valence electrons. The summed E-state index contributed by atoms with van der Waals surface area (Å²) < 4.78 is 1.80. The lowest BCUT2D eigenvalue weighted by Gasteiger charge is -2.08. The van der Waals surface area contributed by atoms with Gasteiger partial charge in [0.15, 0.2) is 11.6 Å². The van der Waals surface area contributed by atoms with E-state index in [1.54, 1.807) is 17.0 Å². The van der Waals surface area contributed by atoms with Crippen molar-refractivity contribution in [1.82, 2.24) is 19.7 Å². The third kappa shape index (κ3) is 2.76. The Balaban J connectivity index is 2.18. The molecule has 0 saturated heterocycles. The zero-order valence-electron chi connectivity index (χ0n) is 11.5. The number of benzene rings is 1. The molecule has 0 radical (unpaired) electrons. The molecule has 1 N–H and O–H groups in total. The first-order valence-electron chi connectivity index (χ1n) is 6.58. The Morgan fingerprint density at radius 3 is 2.45 bits per heavy atom. The van der Waals surface area contributed by atoms with Gasteiger partial charge in [-0.25, -0.2) is 4.79 Å². The lowest BCUT2D eigenvalue weighted by Crippen LogP contribution is -2.00. The second kappa shape index (κ2) is 6.01. The van der Waals surface area contributed by atoms with Gasteiger partial charge in [-0.2, -0.15) is 0 Å². The van der Waals surface area contributed by atoms with Gasteiger partial charge in [-0.15, -0.1) is 10.2 Å². The van der Waals surface area contributed by atoms with Crippen molar-refractivity contribution in [3.8, 4) is 17.1 Å². The second-order valence-electron chi connectivity index (χ2n) is 4.46. The Bertz CT molecular complexity index is 811. The van der Waals surface area contributed by atoms with E-state index < -0.39 is 5.97 Å². The molecule has 2 aromatic heterocycles. The van der Waals surface area contributed by atoms with Crippen molar-refractivity contribution in [3.05, 3.63) is 66.8 Å². The van der Waals surface area contributed by atoms with E-state index in [-0.39, 0.29) is 0 Å². The number of aliphatic carboxylic acids is 1. The van der Waals surface area contributed by atoms with E-state index in [4.69, 9.17) is 5.11 Å². The zero-order valence-corrected chi connectivity index (χ0v) is 11.5. The standard InChI is InChI=1S/C16H12N4O2/c21-15(22)7-6-14-18-19-16(12-8-10-17-11-9-12)20(14)13-4-2-1-3-5-13/h1-11H,(H,21,22)/b7-6-. The van der Waals surface area contributed by atoms with Crippen molar-refractivity contribution in [1.29, 1.82) is 0 Å². The minimum absolute atomic E-state index is 0.445. The van der Waals surface area contributed by atoms with Gasteiger partial charge in [-0.05, 0) is 30.3 Å². The van der Waals surface area contributed by atoms with Gasteiger partial charge in [0.25, 0.3) is 0 Å². The highest BCUT2D eigenvalue weighted by Gasteiger charge is 2.13. The lowest BCUT2D eigenvalue weighted by molar-refractivity contribution is -0.131. The molecule has 0 aliphatic carbocycles. The first-order chi connectivity index (χ1) is 10.8. The van der Waals surface area contributed by atoms with Gasteiger partial charge < -0.3 is 5.11 Å². The molecule has 0 aliphatic rings. The van der Waals surface area contributed by atoms with E-state index in [2.05, 4.69) is 15.2 Å². The smallest absolute Gasteiger partial charge is 0.328 e. The molecule has 0 spiro atoms. The van der Waals surface area contributed by atoms with Crippen LogP contribution in [0.2, 0.25) is 0 Å². The highest BCUT2D eigenvalue weighted by atomic mass is 16.4. The number of aromatic nitrogens is 4. The van der Waals surface area contributed by atoms with Crippen LogP contribution in [0.3, 0.4) is 0 Å². The second-order valence-corrected chi connectivity index (χ2v) is 4.46. The van der Waals surface area contributed by atoms with E-state index >= 15 is 0 Å². The molecule has 0 saturated carbocycles. The van der Waals surface area contributed by atoms with E-state index in [1.807, 2.05) is 42.5 Å². The van der Waals surface area contributed by atoms with Crippen LogP contribution in [0, 0.1) is 0 Å². The number of rotatable bonds is 4. The highest BCUT2D eigenvalue weighted by Crippen LogP contribution is 2.22. The minimum atomic E-state index is -1.03. The van der Waals surface area contributed by atoms with Crippen molar-refractivity contribution < 1.29 is 9.90 Å². The number of para-hydroxylation sites is 1. The third-order valence-corrected chi connectivity index (χ3v) is 3.02. The predicted molar refractivity (Wildman–Crippen MR) is 81.3 cm³/mol. The highest BCUT2D eigenvalue weighted by molar-refractivity contribution is 5.84. The SMILES string of the molecule is O=C(O)/C=C\c1nnc(-c2ccncc2)n1-c1ccccc1. The summed E-state index contributed by atoms with van der Waals surface area (Å²) in [5.74, 6) is 0.0344. The topological polar surface area (TPSA) is 80.9 Å². The van der Waals surface area contributed by atoms with Crippen molar-refractivity contribution in [3.63, 3.8) is 0 Å². The minimum Gasteiger partial charge on any atom is -0.478 e. The van der Waals surface area contributed by atoms with Crippen molar-refractivity contribution in [2.24, 2.45) is 0 Å². The summed E-state index contributed by atoms with van der Waals surface area (Å²) in [6.45, 7) is 0. The molecular formula is C16H12N4O2.